The minimum Gasteiger partial charge on any atom is -0.337 e. The van der Waals surface area contributed by atoms with Gasteiger partial charge in [-0.05, 0) is 48.1 Å². The highest BCUT2D eigenvalue weighted by molar-refractivity contribution is 7.89. The van der Waals surface area contributed by atoms with Gasteiger partial charge in [0, 0.05) is 20.0 Å². The largest absolute Gasteiger partial charge is 0.337 e. The number of anilines is 1. The number of benzene rings is 2. The first-order valence-electron chi connectivity index (χ1n) is 10.9. The van der Waals surface area contributed by atoms with Gasteiger partial charge in [-0.2, -0.15) is 4.31 Å². The number of carbonyl (C=O) groups excluding carboxylic acids is 1. The van der Waals surface area contributed by atoms with Crippen LogP contribution in [0.25, 0.3) is 16.7 Å². The van der Waals surface area contributed by atoms with Gasteiger partial charge < -0.3 is 4.52 Å². The molecule has 1 aromatic heterocycles. The Balaban J connectivity index is 1.68. The molecule has 1 N–H and O–H groups in total. The maximum Gasteiger partial charge on any atom is 0.243 e. The van der Waals surface area contributed by atoms with Crippen LogP contribution >= 0.6 is 0 Å². The zero-order chi connectivity index (χ0) is 23.6. The molecule has 2 aromatic carbocycles. The van der Waals surface area contributed by atoms with Crippen LogP contribution in [0.5, 0.6) is 0 Å². The van der Waals surface area contributed by atoms with Gasteiger partial charge >= 0.3 is 0 Å². The van der Waals surface area contributed by atoms with Crippen LogP contribution in [0, 0.1) is 6.92 Å². The van der Waals surface area contributed by atoms with E-state index in [4.69, 9.17) is 4.52 Å². The maximum absolute atomic E-state index is 13.6. The number of nitrogens with one attached hydrogen (secondary N) is 1. The number of aromatic nitrogens is 1. The third-order valence-electron chi connectivity index (χ3n) is 5.80. The number of rotatable bonds is 6. The van der Waals surface area contributed by atoms with Crippen LogP contribution in [-0.4, -0.2) is 36.9 Å². The minimum atomic E-state index is -3.72. The molecule has 0 saturated heterocycles. The second-order valence-corrected chi connectivity index (χ2v) is 9.96. The van der Waals surface area contributed by atoms with Crippen molar-refractivity contribution in [2.45, 2.75) is 38.5 Å². The molecule has 0 unspecified atom stereocenters. The summed E-state index contributed by atoms with van der Waals surface area (Å²) in [7, 11) is -3.72. The lowest BCUT2D eigenvalue weighted by Gasteiger charge is -2.27. The lowest BCUT2D eigenvalue weighted by molar-refractivity contribution is -0.114. The molecule has 8 heteroatoms. The second kappa shape index (κ2) is 9.33. The lowest BCUT2D eigenvalue weighted by atomic mass is 10.0. The van der Waals surface area contributed by atoms with Gasteiger partial charge in [-0.25, -0.2) is 8.42 Å². The first kappa shape index (κ1) is 22.9. The predicted octanol–water partition coefficient (Wildman–Crippen LogP) is 4.65. The van der Waals surface area contributed by atoms with E-state index in [9.17, 15) is 13.2 Å². The van der Waals surface area contributed by atoms with Gasteiger partial charge in [-0.1, -0.05) is 60.6 Å². The van der Waals surface area contributed by atoms with E-state index in [1.165, 1.54) is 11.2 Å². The van der Waals surface area contributed by atoms with Crippen molar-refractivity contribution in [1.82, 2.24) is 9.46 Å². The summed E-state index contributed by atoms with van der Waals surface area (Å²) in [4.78, 5) is 11.8. The molecular weight excluding hydrogens is 438 g/mol. The normalized spacial score (nSPS) is 14.7. The highest BCUT2D eigenvalue weighted by Crippen LogP contribution is 2.35. The number of carbonyl (C=O) groups is 1. The zero-order valence-corrected chi connectivity index (χ0v) is 19.8. The molecule has 0 spiro atoms. The lowest BCUT2D eigenvalue weighted by Crippen LogP contribution is -2.35. The van der Waals surface area contributed by atoms with Crippen molar-refractivity contribution in [2.75, 3.05) is 18.4 Å². The Labute approximate surface area is 194 Å². The van der Waals surface area contributed by atoms with Crippen LogP contribution in [0.15, 0.2) is 64.0 Å². The van der Waals surface area contributed by atoms with Crippen LogP contribution in [0.3, 0.4) is 0 Å². The predicted molar refractivity (Wildman–Crippen MR) is 128 cm³/mol. The summed E-state index contributed by atoms with van der Waals surface area (Å²) in [6.45, 7) is 5.83. The number of hydrogen-bond donors (Lipinski definition) is 1. The third-order valence-corrected chi connectivity index (χ3v) is 7.81. The molecular formula is C25H27N3O4S. The molecule has 1 aliphatic rings. The van der Waals surface area contributed by atoms with Gasteiger partial charge in [-0.15, -0.1) is 0 Å². The molecule has 172 valence electrons. The third kappa shape index (κ3) is 4.62. The monoisotopic (exact) mass is 465 g/mol. The molecule has 2 heterocycles. The van der Waals surface area contributed by atoms with Crippen LogP contribution < -0.4 is 5.32 Å². The molecule has 33 heavy (non-hydrogen) atoms. The van der Waals surface area contributed by atoms with E-state index in [0.717, 1.165) is 11.1 Å². The molecule has 1 amide bonds. The van der Waals surface area contributed by atoms with E-state index >= 15 is 0 Å². The van der Waals surface area contributed by atoms with E-state index in [1.807, 2.05) is 49.4 Å². The average molecular weight is 466 g/mol. The number of amides is 1. The molecule has 7 nitrogen and oxygen atoms in total. The summed E-state index contributed by atoms with van der Waals surface area (Å²) < 4.78 is 34.0. The fourth-order valence-corrected chi connectivity index (χ4v) is 5.69. The Kier molecular flexibility index (Phi) is 6.49. The van der Waals surface area contributed by atoms with E-state index in [1.54, 1.807) is 19.1 Å². The Bertz CT molecular complexity index is 1310. The Hall–Kier alpha value is -3.23. The van der Waals surface area contributed by atoms with Crippen LogP contribution in [0.4, 0.5) is 5.88 Å². The molecule has 3 aromatic rings. The number of nitrogens with zero attached hydrogens (tertiary/aromatic N) is 2. The van der Waals surface area contributed by atoms with Crippen molar-refractivity contribution in [3.05, 3.63) is 71.4 Å². The fourth-order valence-electron chi connectivity index (χ4n) is 4.06. The summed E-state index contributed by atoms with van der Waals surface area (Å²) in [6, 6.07) is 15.3. The molecule has 0 aliphatic carbocycles. The van der Waals surface area contributed by atoms with Crippen molar-refractivity contribution in [3.8, 4) is 11.1 Å². The zero-order valence-electron chi connectivity index (χ0n) is 19.0. The summed E-state index contributed by atoms with van der Waals surface area (Å²) in [5.74, 6) is -0.0655. The molecule has 0 saturated carbocycles. The van der Waals surface area contributed by atoms with E-state index < -0.39 is 10.0 Å². The van der Waals surface area contributed by atoms with E-state index in [2.05, 4.69) is 10.5 Å². The number of sulfonamides is 1. The first-order valence-corrected chi connectivity index (χ1v) is 12.4. The quantitative estimate of drug-likeness (QED) is 0.572. The summed E-state index contributed by atoms with van der Waals surface area (Å²) >= 11 is 0. The van der Waals surface area contributed by atoms with Gasteiger partial charge in [0.05, 0.1) is 16.2 Å². The van der Waals surface area contributed by atoms with Gasteiger partial charge in [0.25, 0.3) is 0 Å². The molecule has 0 radical (unpaired) electrons. The molecule has 1 aliphatic heterocycles. The fraction of sp³-hybridized carbons (Fsp3) is 0.280. The van der Waals surface area contributed by atoms with Crippen molar-refractivity contribution in [1.29, 1.82) is 0 Å². The smallest absolute Gasteiger partial charge is 0.243 e. The topological polar surface area (TPSA) is 92.5 Å². The minimum absolute atomic E-state index is 0.222. The SMILES string of the molecule is CCc1noc(NC(C)=O)c1-c1ccc(C)c(S(=O)(=O)N2CC=C(c3ccccc3)CC2)c1. The van der Waals surface area contributed by atoms with Crippen molar-refractivity contribution in [2.24, 2.45) is 0 Å². The second-order valence-electron chi connectivity index (χ2n) is 8.06. The van der Waals surface area contributed by atoms with Crippen molar-refractivity contribution in [3.63, 3.8) is 0 Å². The van der Waals surface area contributed by atoms with Crippen LogP contribution in [0.2, 0.25) is 0 Å². The van der Waals surface area contributed by atoms with Gasteiger partial charge in [0.2, 0.25) is 21.8 Å². The summed E-state index contributed by atoms with van der Waals surface area (Å²) in [5.41, 5.74) is 4.83. The van der Waals surface area contributed by atoms with Gasteiger partial charge in [-0.3, -0.25) is 10.1 Å². The Morgan fingerprint density at radius 2 is 1.91 bits per heavy atom. The molecule has 0 atom stereocenters. The first-order chi connectivity index (χ1) is 15.8. The highest BCUT2D eigenvalue weighted by Gasteiger charge is 2.29. The average Bonchev–Trinajstić information content (AvgIpc) is 3.22. The van der Waals surface area contributed by atoms with Gasteiger partial charge in [0.1, 0.15) is 0 Å². The van der Waals surface area contributed by atoms with E-state index in [0.29, 0.717) is 48.3 Å². The molecule has 4 rings (SSSR count). The maximum atomic E-state index is 13.6. The van der Waals surface area contributed by atoms with Crippen molar-refractivity contribution < 1.29 is 17.7 Å². The molecule has 0 fully saturated rings. The highest BCUT2D eigenvalue weighted by atomic mass is 32.2. The number of aryl methyl sites for hydroxylation is 2. The number of hydrogen-bond acceptors (Lipinski definition) is 5. The molecule has 0 bridgehead atoms. The van der Waals surface area contributed by atoms with Gasteiger partial charge in [0.15, 0.2) is 0 Å². The van der Waals surface area contributed by atoms with Crippen LogP contribution in [-0.2, 0) is 21.2 Å². The summed E-state index contributed by atoms with van der Waals surface area (Å²) in [6.07, 6.45) is 3.22. The summed E-state index contributed by atoms with van der Waals surface area (Å²) in [5, 5.41) is 6.70. The van der Waals surface area contributed by atoms with E-state index in [-0.39, 0.29) is 16.7 Å². The van der Waals surface area contributed by atoms with Crippen LogP contribution in [0.1, 0.15) is 37.1 Å². The Morgan fingerprint density at radius 1 is 1.15 bits per heavy atom. The Morgan fingerprint density at radius 3 is 2.55 bits per heavy atom. The standard InChI is InChI=1S/C25H27N3O4S/c1-4-22-24(25(32-27-22)26-18(3)29)21-11-10-17(2)23(16-21)33(30,31)28-14-12-20(13-15-28)19-8-6-5-7-9-19/h5-12,16H,4,13-15H2,1-3H3,(H,26,29). The van der Waals surface area contributed by atoms with Crippen molar-refractivity contribution >= 4 is 27.4 Å².